The third-order valence-electron chi connectivity index (χ3n) is 7.48. The fourth-order valence-electron chi connectivity index (χ4n) is 4.99. The van der Waals surface area contributed by atoms with Crippen LogP contribution in [-0.2, 0) is 9.36 Å². The van der Waals surface area contributed by atoms with E-state index in [1.54, 1.807) is 6.92 Å². The summed E-state index contributed by atoms with van der Waals surface area (Å²) in [6, 6.07) is 0. The van der Waals surface area contributed by atoms with Crippen LogP contribution in [0.1, 0.15) is 84.5 Å². The van der Waals surface area contributed by atoms with Crippen LogP contribution in [0.25, 0.3) is 0 Å². The zero-order valence-electron chi connectivity index (χ0n) is 18.3. The Hall–Kier alpha value is -0.480. The lowest BCUT2D eigenvalue weighted by molar-refractivity contribution is -0.121. The monoisotopic (exact) mass is 428 g/mol. The van der Waals surface area contributed by atoms with Gasteiger partial charge in [0.25, 0.3) is 0 Å². The summed E-state index contributed by atoms with van der Waals surface area (Å²) >= 11 is 0. The topological polar surface area (TPSA) is 94.8 Å². The van der Waals surface area contributed by atoms with Crippen molar-refractivity contribution in [3.05, 3.63) is 12.2 Å². The van der Waals surface area contributed by atoms with Crippen LogP contribution >= 0.6 is 7.37 Å². The summed E-state index contributed by atoms with van der Waals surface area (Å²) in [6.45, 7) is 3.89. The fourth-order valence-corrected chi connectivity index (χ4v) is 6.03. The van der Waals surface area contributed by atoms with Crippen LogP contribution in [0, 0.1) is 17.3 Å². The molecular formula is C23H41O5P. The second kappa shape index (κ2) is 11.2. The average molecular weight is 429 g/mol. The second-order valence-electron chi connectivity index (χ2n) is 9.26. The van der Waals surface area contributed by atoms with Crippen LogP contribution in [-0.4, -0.2) is 45.4 Å². The predicted molar refractivity (Wildman–Crippen MR) is 117 cm³/mol. The van der Waals surface area contributed by atoms with Crippen molar-refractivity contribution in [2.24, 2.45) is 17.3 Å². The smallest absolute Gasteiger partial charge is 0.200 e. The average Bonchev–Trinajstić information content (AvgIpc) is 2.91. The maximum atomic E-state index is 12.3. The van der Waals surface area contributed by atoms with Gasteiger partial charge >= 0.3 is 0 Å². The van der Waals surface area contributed by atoms with E-state index in [2.05, 4.69) is 6.92 Å². The lowest BCUT2D eigenvalue weighted by Gasteiger charge is -2.45. The van der Waals surface area contributed by atoms with Crippen molar-refractivity contribution in [1.29, 1.82) is 0 Å². The van der Waals surface area contributed by atoms with Gasteiger partial charge in [0.05, 0.1) is 12.2 Å². The van der Waals surface area contributed by atoms with Gasteiger partial charge in [0, 0.05) is 30.6 Å². The molecule has 0 aromatic rings. The van der Waals surface area contributed by atoms with E-state index >= 15 is 0 Å². The highest BCUT2D eigenvalue weighted by molar-refractivity contribution is 7.57. The minimum Gasteiger partial charge on any atom is -0.392 e. The summed E-state index contributed by atoms with van der Waals surface area (Å²) in [7, 11) is -2.92. The Labute approximate surface area is 176 Å². The number of aliphatic hydroxyl groups excluding tert-OH is 2. The van der Waals surface area contributed by atoms with Gasteiger partial charge in [0.2, 0.25) is 0 Å². The molecule has 0 aliphatic heterocycles. The molecule has 0 bridgehead atoms. The molecule has 0 amide bonds. The number of rotatable bonds is 13. The first kappa shape index (κ1) is 24.8. The predicted octanol–water partition coefficient (Wildman–Crippen LogP) is 4.68. The Morgan fingerprint density at radius 1 is 1.21 bits per heavy atom. The molecule has 3 N–H and O–H groups in total. The number of hydrogen-bond acceptors (Lipinski definition) is 4. The highest BCUT2D eigenvalue weighted by Gasteiger charge is 2.42. The molecule has 2 unspecified atom stereocenters. The van der Waals surface area contributed by atoms with Crippen molar-refractivity contribution >= 4 is 13.2 Å². The number of ketones is 1. The van der Waals surface area contributed by atoms with Gasteiger partial charge in [-0.05, 0) is 43.9 Å². The summed E-state index contributed by atoms with van der Waals surface area (Å²) in [5, 5.41) is 20.9. The minimum absolute atomic E-state index is 0.0736. The van der Waals surface area contributed by atoms with Gasteiger partial charge in [-0.15, -0.1) is 0 Å². The van der Waals surface area contributed by atoms with Crippen molar-refractivity contribution in [3.8, 4) is 0 Å². The summed E-state index contributed by atoms with van der Waals surface area (Å²) in [4.78, 5) is 21.9. The zero-order chi connectivity index (χ0) is 21.5. The molecule has 6 heteroatoms. The van der Waals surface area contributed by atoms with E-state index in [1.165, 1.54) is 6.42 Å². The number of carbonyl (C=O) groups excluding carboxylic acids is 1. The number of aliphatic hydroxyl groups is 2. The number of unbranched alkanes of at least 4 members (excludes halogenated alkanes) is 3. The van der Waals surface area contributed by atoms with E-state index in [0.29, 0.717) is 18.7 Å². The summed E-state index contributed by atoms with van der Waals surface area (Å²) in [5.74, 6) is -0.143. The van der Waals surface area contributed by atoms with Gasteiger partial charge in [-0.1, -0.05) is 51.7 Å². The molecule has 2 aliphatic rings. The number of carbonyl (C=O) groups is 1. The molecule has 2 saturated carbocycles. The summed E-state index contributed by atoms with van der Waals surface area (Å²) in [6.07, 6.45) is 13.2. The molecule has 29 heavy (non-hydrogen) atoms. The van der Waals surface area contributed by atoms with Crippen LogP contribution in [0.3, 0.4) is 0 Å². The highest BCUT2D eigenvalue weighted by Crippen LogP contribution is 2.47. The lowest BCUT2D eigenvalue weighted by atomic mass is 9.63. The molecule has 2 fully saturated rings. The molecule has 0 aromatic carbocycles. The molecule has 5 nitrogen and oxygen atoms in total. The minimum atomic E-state index is -2.92. The van der Waals surface area contributed by atoms with Gasteiger partial charge in [-0.25, -0.2) is 0 Å². The SMILES string of the molecule is CCC1(C(O)C/C=C/[C@H]2[C@H](O)CC(=O)[C@@H]2CCCCCCP(=O)(O)CC)CCC1. The van der Waals surface area contributed by atoms with E-state index < -0.39 is 13.5 Å². The van der Waals surface area contributed by atoms with E-state index in [4.69, 9.17) is 0 Å². The van der Waals surface area contributed by atoms with Crippen LogP contribution in [0.15, 0.2) is 12.2 Å². The number of hydrogen-bond donors (Lipinski definition) is 3. The maximum Gasteiger partial charge on any atom is 0.200 e. The normalized spacial score (nSPS) is 29.7. The Morgan fingerprint density at radius 3 is 2.48 bits per heavy atom. The molecule has 2 aliphatic carbocycles. The van der Waals surface area contributed by atoms with Crippen molar-refractivity contribution in [1.82, 2.24) is 0 Å². The largest absolute Gasteiger partial charge is 0.392 e. The number of Topliss-reactive ketones (excluding diaryl/α,β-unsaturated/α-hetero) is 1. The third-order valence-corrected chi connectivity index (χ3v) is 9.48. The van der Waals surface area contributed by atoms with Crippen molar-refractivity contribution in [2.75, 3.05) is 12.3 Å². The van der Waals surface area contributed by atoms with Gasteiger partial charge < -0.3 is 15.1 Å². The molecule has 0 heterocycles. The van der Waals surface area contributed by atoms with E-state index in [1.807, 2.05) is 12.2 Å². The Morgan fingerprint density at radius 2 is 1.90 bits per heavy atom. The van der Waals surface area contributed by atoms with Crippen molar-refractivity contribution in [3.63, 3.8) is 0 Å². The van der Waals surface area contributed by atoms with Gasteiger partial charge in [-0.3, -0.25) is 9.36 Å². The Balaban J connectivity index is 1.76. The fraction of sp³-hybridized carbons (Fsp3) is 0.870. The molecular weight excluding hydrogens is 387 g/mol. The molecule has 0 aromatic heterocycles. The van der Waals surface area contributed by atoms with Crippen LogP contribution < -0.4 is 0 Å². The first-order valence-electron chi connectivity index (χ1n) is 11.6. The Kier molecular flexibility index (Phi) is 9.60. The van der Waals surface area contributed by atoms with Crippen molar-refractivity contribution < 1.29 is 24.5 Å². The van der Waals surface area contributed by atoms with Crippen LogP contribution in [0.2, 0.25) is 0 Å². The summed E-state index contributed by atoms with van der Waals surface area (Å²) in [5.41, 5.74) is 0.0736. The van der Waals surface area contributed by atoms with Gasteiger partial charge in [-0.2, -0.15) is 0 Å². The molecule has 2 rings (SSSR count). The van der Waals surface area contributed by atoms with Crippen LogP contribution in [0.5, 0.6) is 0 Å². The van der Waals surface area contributed by atoms with Crippen molar-refractivity contribution in [2.45, 2.75) is 96.7 Å². The molecule has 0 spiro atoms. The highest BCUT2D eigenvalue weighted by atomic mass is 31.2. The lowest BCUT2D eigenvalue weighted by Crippen LogP contribution is -2.40. The standard InChI is InChI=1S/C23H41O5P/c1-3-23(14-10-15-23)22(26)13-9-12-19-18(20(24)17-21(19)25)11-7-5-6-8-16-29(27,28)4-2/h9,12,18-19,21-22,25-26H,3-8,10-11,13-17H2,1-2H3,(H,27,28)/b12-9+/t18-,19-,21-,22?/m1/s1. The quantitative estimate of drug-likeness (QED) is 0.225. The maximum absolute atomic E-state index is 12.3. The second-order valence-corrected chi connectivity index (χ2v) is 12.0. The van der Waals surface area contributed by atoms with E-state index in [-0.39, 0.29) is 35.6 Å². The third kappa shape index (κ3) is 6.75. The van der Waals surface area contributed by atoms with Gasteiger partial charge in [0.15, 0.2) is 7.37 Å². The molecule has 5 atom stereocenters. The molecule has 0 saturated heterocycles. The molecule has 0 radical (unpaired) electrons. The first-order chi connectivity index (χ1) is 13.7. The Bertz CT molecular complexity index is 593. The van der Waals surface area contributed by atoms with E-state index in [9.17, 15) is 24.5 Å². The van der Waals surface area contributed by atoms with Crippen LogP contribution in [0.4, 0.5) is 0 Å². The summed E-state index contributed by atoms with van der Waals surface area (Å²) < 4.78 is 11.7. The first-order valence-corrected chi connectivity index (χ1v) is 13.6. The van der Waals surface area contributed by atoms with E-state index in [0.717, 1.165) is 51.4 Å². The molecule has 168 valence electrons. The zero-order valence-corrected chi connectivity index (χ0v) is 19.2. The van der Waals surface area contributed by atoms with Gasteiger partial charge in [0.1, 0.15) is 5.78 Å².